The SMILES string of the molecule is CC(CNC(=O)NC1(C(=O)O)CCC1)N1CCCC1. The molecule has 3 N–H and O–H groups in total. The van der Waals surface area contributed by atoms with Crippen molar-refractivity contribution in [3.8, 4) is 0 Å². The third-order valence-electron chi connectivity index (χ3n) is 4.29. The van der Waals surface area contributed by atoms with Crippen LogP contribution in [0.1, 0.15) is 39.0 Å². The molecule has 2 fully saturated rings. The molecule has 1 atom stereocenters. The van der Waals surface area contributed by atoms with Crippen molar-refractivity contribution in [1.82, 2.24) is 15.5 Å². The van der Waals surface area contributed by atoms with Gasteiger partial charge in [0.15, 0.2) is 0 Å². The number of nitrogens with zero attached hydrogens (tertiary/aromatic N) is 1. The Morgan fingerprint density at radius 1 is 1.26 bits per heavy atom. The molecule has 0 aromatic carbocycles. The van der Waals surface area contributed by atoms with E-state index < -0.39 is 11.5 Å². The summed E-state index contributed by atoms with van der Waals surface area (Å²) >= 11 is 0. The lowest BCUT2D eigenvalue weighted by Gasteiger charge is -2.38. The molecule has 1 aliphatic carbocycles. The van der Waals surface area contributed by atoms with Gasteiger partial charge < -0.3 is 15.7 Å². The Morgan fingerprint density at radius 3 is 2.37 bits per heavy atom. The molecule has 0 aromatic rings. The summed E-state index contributed by atoms with van der Waals surface area (Å²) in [5, 5.41) is 14.5. The van der Waals surface area contributed by atoms with Crippen LogP contribution in [0, 0.1) is 0 Å². The number of aliphatic carboxylic acids is 1. The molecule has 1 saturated heterocycles. The van der Waals surface area contributed by atoms with Gasteiger partial charge in [-0.15, -0.1) is 0 Å². The fourth-order valence-electron chi connectivity index (χ4n) is 2.74. The second-order valence-electron chi connectivity index (χ2n) is 5.67. The zero-order valence-electron chi connectivity index (χ0n) is 11.4. The molecule has 6 heteroatoms. The molecular formula is C13H23N3O3. The molecule has 6 nitrogen and oxygen atoms in total. The molecule has 1 saturated carbocycles. The molecule has 1 heterocycles. The molecule has 2 amide bonds. The summed E-state index contributed by atoms with van der Waals surface area (Å²) in [5.74, 6) is -0.929. The highest BCUT2D eigenvalue weighted by Crippen LogP contribution is 2.31. The standard InChI is InChI=1S/C13H23N3O3/c1-10(16-7-2-3-8-16)9-14-12(19)15-13(11(17)18)5-4-6-13/h10H,2-9H2,1H3,(H,17,18)(H2,14,15,19). The summed E-state index contributed by atoms with van der Waals surface area (Å²) < 4.78 is 0. The van der Waals surface area contributed by atoms with Gasteiger partial charge in [-0.1, -0.05) is 0 Å². The van der Waals surface area contributed by atoms with E-state index >= 15 is 0 Å². The Balaban J connectivity index is 1.73. The molecular weight excluding hydrogens is 246 g/mol. The van der Waals surface area contributed by atoms with E-state index in [9.17, 15) is 9.59 Å². The number of likely N-dealkylation sites (tertiary alicyclic amines) is 1. The van der Waals surface area contributed by atoms with Crippen molar-refractivity contribution in [3.05, 3.63) is 0 Å². The van der Waals surface area contributed by atoms with Gasteiger partial charge in [-0.25, -0.2) is 9.59 Å². The minimum atomic E-state index is -1.03. The minimum absolute atomic E-state index is 0.301. The molecule has 0 radical (unpaired) electrons. The van der Waals surface area contributed by atoms with E-state index in [-0.39, 0.29) is 6.03 Å². The van der Waals surface area contributed by atoms with Crippen LogP contribution in [0.4, 0.5) is 4.79 Å². The number of carbonyl (C=O) groups excluding carboxylic acids is 1. The molecule has 2 aliphatic rings. The van der Waals surface area contributed by atoms with E-state index in [0.717, 1.165) is 19.5 Å². The quantitative estimate of drug-likeness (QED) is 0.689. The lowest BCUT2D eigenvalue weighted by molar-refractivity contribution is -0.148. The lowest BCUT2D eigenvalue weighted by Crippen LogP contribution is -2.61. The van der Waals surface area contributed by atoms with Crippen molar-refractivity contribution >= 4 is 12.0 Å². The van der Waals surface area contributed by atoms with Gasteiger partial charge in [0.2, 0.25) is 0 Å². The molecule has 1 unspecified atom stereocenters. The van der Waals surface area contributed by atoms with Gasteiger partial charge in [-0.05, 0) is 52.1 Å². The largest absolute Gasteiger partial charge is 0.480 e. The first-order valence-corrected chi connectivity index (χ1v) is 7.07. The summed E-state index contributed by atoms with van der Waals surface area (Å²) in [6.45, 7) is 4.82. The Labute approximate surface area is 113 Å². The summed E-state index contributed by atoms with van der Waals surface area (Å²) in [4.78, 5) is 25.3. The average molecular weight is 269 g/mol. The van der Waals surface area contributed by atoms with E-state index in [1.165, 1.54) is 12.8 Å². The number of nitrogens with one attached hydrogen (secondary N) is 2. The summed E-state index contributed by atoms with van der Waals surface area (Å²) in [6, 6.07) is -0.0661. The first-order chi connectivity index (χ1) is 9.03. The van der Waals surface area contributed by atoms with E-state index in [1.54, 1.807) is 0 Å². The summed E-state index contributed by atoms with van der Waals surface area (Å²) in [6.07, 6.45) is 4.35. The maximum Gasteiger partial charge on any atom is 0.329 e. The maximum atomic E-state index is 11.8. The minimum Gasteiger partial charge on any atom is -0.480 e. The van der Waals surface area contributed by atoms with E-state index in [2.05, 4.69) is 22.5 Å². The molecule has 0 spiro atoms. The van der Waals surface area contributed by atoms with Crippen molar-refractivity contribution in [1.29, 1.82) is 0 Å². The van der Waals surface area contributed by atoms with Crippen LogP contribution in [-0.4, -0.2) is 53.2 Å². The van der Waals surface area contributed by atoms with Gasteiger partial charge in [-0.3, -0.25) is 4.90 Å². The molecule has 0 aromatic heterocycles. The Bertz CT molecular complexity index is 349. The molecule has 108 valence electrons. The highest BCUT2D eigenvalue weighted by atomic mass is 16.4. The molecule has 0 bridgehead atoms. The number of carbonyl (C=O) groups is 2. The second kappa shape index (κ2) is 5.77. The van der Waals surface area contributed by atoms with Crippen LogP contribution in [0.15, 0.2) is 0 Å². The first-order valence-electron chi connectivity index (χ1n) is 7.07. The Morgan fingerprint density at radius 2 is 1.89 bits per heavy atom. The Hall–Kier alpha value is -1.30. The molecule has 1 aliphatic heterocycles. The maximum absolute atomic E-state index is 11.8. The monoisotopic (exact) mass is 269 g/mol. The topological polar surface area (TPSA) is 81.7 Å². The number of carboxylic acids is 1. The number of hydrogen-bond acceptors (Lipinski definition) is 3. The molecule has 2 rings (SSSR count). The van der Waals surface area contributed by atoms with Crippen molar-refractivity contribution in [2.45, 2.75) is 50.6 Å². The lowest BCUT2D eigenvalue weighted by atomic mass is 9.77. The highest BCUT2D eigenvalue weighted by Gasteiger charge is 2.45. The van der Waals surface area contributed by atoms with Crippen molar-refractivity contribution in [2.24, 2.45) is 0 Å². The zero-order valence-corrected chi connectivity index (χ0v) is 11.4. The van der Waals surface area contributed by atoms with Gasteiger partial charge >= 0.3 is 12.0 Å². The van der Waals surface area contributed by atoms with Crippen LogP contribution in [0.25, 0.3) is 0 Å². The Kier molecular flexibility index (Phi) is 4.29. The number of carboxylic acid groups (broad SMARTS) is 1. The van der Waals surface area contributed by atoms with Gasteiger partial charge in [0.1, 0.15) is 5.54 Å². The van der Waals surface area contributed by atoms with Crippen molar-refractivity contribution in [3.63, 3.8) is 0 Å². The smallest absolute Gasteiger partial charge is 0.329 e. The highest BCUT2D eigenvalue weighted by molar-refractivity contribution is 5.87. The number of urea groups is 1. The third-order valence-corrected chi connectivity index (χ3v) is 4.29. The normalized spacial score (nSPS) is 23.4. The van der Waals surface area contributed by atoms with Gasteiger partial charge in [0.05, 0.1) is 0 Å². The van der Waals surface area contributed by atoms with Crippen LogP contribution in [0.5, 0.6) is 0 Å². The number of rotatable bonds is 5. The van der Waals surface area contributed by atoms with Crippen LogP contribution in [0.2, 0.25) is 0 Å². The van der Waals surface area contributed by atoms with Gasteiger partial charge in [0.25, 0.3) is 0 Å². The number of amides is 2. The van der Waals surface area contributed by atoms with Crippen LogP contribution < -0.4 is 10.6 Å². The second-order valence-corrected chi connectivity index (χ2v) is 5.67. The average Bonchev–Trinajstić information content (AvgIpc) is 2.84. The van der Waals surface area contributed by atoms with Crippen molar-refractivity contribution in [2.75, 3.05) is 19.6 Å². The van der Waals surface area contributed by atoms with Crippen LogP contribution in [0.3, 0.4) is 0 Å². The zero-order chi connectivity index (χ0) is 13.9. The van der Waals surface area contributed by atoms with Gasteiger partial charge in [0, 0.05) is 12.6 Å². The predicted molar refractivity (Wildman–Crippen MR) is 71.0 cm³/mol. The fourth-order valence-corrected chi connectivity index (χ4v) is 2.74. The summed E-state index contributed by atoms with van der Waals surface area (Å²) in [7, 11) is 0. The molecule has 19 heavy (non-hydrogen) atoms. The van der Waals surface area contributed by atoms with E-state index in [1.807, 2.05) is 0 Å². The fraction of sp³-hybridized carbons (Fsp3) is 0.846. The predicted octanol–water partition coefficient (Wildman–Crippen LogP) is 0.777. The first kappa shape index (κ1) is 14.1. The van der Waals surface area contributed by atoms with Crippen LogP contribution >= 0.6 is 0 Å². The van der Waals surface area contributed by atoms with E-state index in [4.69, 9.17) is 5.11 Å². The van der Waals surface area contributed by atoms with Gasteiger partial charge in [-0.2, -0.15) is 0 Å². The number of hydrogen-bond donors (Lipinski definition) is 3. The third kappa shape index (κ3) is 3.18. The van der Waals surface area contributed by atoms with E-state index in [0.29, 0.717) is 25.4 Å². The van der Waals surface area contributed by atoms with Crippen LogP contribution in [-0.2, 0) is 4.79 Å². The summed E-state index contributed by atoms with van der Waals surface area (Å²) in [5.41, 5.74) is -1.03. The van der Waals surface area contributed by atoms with Crippen molar-refractivity contribution < 1.29 is 14.7 Å².